The molecule has 3 aromatic rings. The smallest absolute Gasteiger partial charge is 0.393 e. The summed E-state index contributed by atoms with van der Waals surface area (Å²) in [6.45, 7) is 0.0809. The molecule has 0 fully saturated rings. The number of aromatic carboxylic acids is 1. The van der Waals surface area contributed by atoms with Crippen LogP contribution in [0.1, 0.15) is 21.5 Å². The number of H-pyrrole nitrogens is 1. The van der Waals surface area contributed by atoms with Crippen molar-refractivity contribution in [3.63, 3.8) is 0 Å². The van der Waals surface area contributed by atoms with E-state index in [2.05, 4.69) is 22.1 Å². The van der Waals surface area contributed by atoms with Gasteiger partial charge in [0.1, 0.15) is 5.75 Å². The topological polar surface area (TPSA) is 108 Å². The molecular weight excluding hydrogens is 461 g/mol. The van der Waals surface area contributed by atoms with Gasteiger partial charge in [0.05, 0.1) is 41.7 Å². The number of carbonyl (C=O) groups is 1. The first-order valence-electron chi connectivity index (χ1n) is 9.44. The molecule has 0 radical (unpaired) electrons. The number of alkyl halides is 3. The van der Waals surface area contributed by atoms with Crippen LogP contribution in [0.5, 0.6) is 5.75 Å². The molecule has 1 aromatic heterocycles. The Hall–Kier alpha value is -3.65. The van der Waals surface area contributed by atoms with Crippen molar-refractivity contribution in [2.45, 2.75) is 17.5 Å². The van der Waals surface area contributed by atoms with Crippen LogP contribution >= 0.6 is 0 Å². The highest BCUT2D eigenvalue weighted by Crippen LogP contribution is 2.30. The Morgan fingerprint density at radius 1 is 1.24 bits per heavy atom. The van der Waals surface area contributed by atoms with Crippen molar-refractivity contribution in [3.8, 4) is 17.6 Å². The normalized spacial score (nSPS) is 11.7. The zero-order chi connectivity index (χ0) is 24.4. The quantitative estimate of drug-likeness (QED) is 0.463. The fraction of sp³-hybridized carbons (Fsp3) is 0.227. The summed E-state index contributed by atoms with van der Waals surface area (Å²) in [7, 11) is -2.02. The third kappa shape index (κ3) is 5.78. The average molecular weight is 480 g/mol. The van der Waals surface area contributed by atoms with Crippen molar-refractivity contribution >= 4 is 32.4 Å². The van der Waals surface area contributed by atoms with E-state index in [1.165, 1.54) is 37.4 Å². The number of methoxy groups -OCH3 is 1. The van der Waals surface area contributed by atoms with E-state index in [9.17, 15) is 31.5 Å². The molecule has 0 bridgehead atoms. The molecule has 0 amide bonds. The lowest BCUT2D eigenvalue weighted by atomic mass is 10.0. The van der Waals surface area contributed by atoms with Crippen LogP contribution in [0.2, 0.25) is 0 Å². The zero-order valence-corrected chi connectivity index (χ0v) is 18.3. The summed E-state index contributed by atoms with van der Waals surface area (Å²) in [5.74, 6) is 4.52. The summed E-state index contributed by atoms with van der Waals surface area (Å²) in [6.07, 6.45) is -3.42. The molecule has 0 aliphatic heterocycles. The maximum absolute atomic E-state index is 12.9. The molecule has 3 rings (SSSR count). The molecule has 0 atom stereocenters. The van der Waals surface area contributed by atoms with Crippen LogP contribution in [-0.4, -0.2) is 50.6 Å². The first-order valence-corrected chi connectivity index (χ1v) is 11.3. The monoisotopic (exact) mass is 480 g/mol. The fourth-order valence-corrected chi connectivity index (χ4v) is 3.86. The van der Waals surface area contributed by atoms with Gasteiger partial charge in [-0.25, -0.2) is 13.2 Å². The summed E-state index contributed by atoms with van der Waals surface area (Å²) < 4.78 is 67.1. The lowest BCUT2D eigenvalue weighted by Gasteiger charge is -2.10. The molecule has 0 unspecified atom stereocenters. The van der Waals surface area contributed by atoms with Gasteiger partial charge in [0.2, 0.25) is 0 Å². The number of ether oxygens (including phenoxy) is 1. The predicted molar refractivity (Wildman–Crippen MR) is 116 cm³/mol. The second-order valence-corrected chi connectivity index (χ2v) is 9.16. The summed E-state index contributed by atoms with van der Waals surface area (Å²) in [4.78, 5) is 14.3. The van der Waals surface area contributed by atoms with Crippen LogP contribution in [0.4, 0.5) is 18.9 Å². The molecule has 0 saturated heterocycles. The van der Waals surface area contributed by atoms with Gasteiger partial charge in [-0.15, -0.1) is 0 Å². The zero-order valence-electron chi connectivity index (χ0n) is 17.5. The van der Waals surface area contributed by atoms with Crippen molar-refractivity contribution in [3.05, 3.63) is 53.2 Å². The largest absolute Gasteiger partial charge is 0.495 e. The van der Waals surface area contributed by atoms with Gasteiger partial charge in [-0.2, -0.15) is 13.2 Å². The number of carboxylic acids is 1. The van der Waals surface area contributed by atoms with Crippen LogP contribution in [0, 0.1) is 11.8 Å². The first-order chi connectivity index (χ1) is 15.4. The van der Waals surface area contributed by atoms with Gasteiger partial charge in [0.15, 0.2) is 9.84 Å². The molecule has 0 spiro atoms. The Morgan fingerprint density at radius 2 is 1.97 bits per heavy atom. The molecule has 0 aliphatic carbocycles. The minimum atomic E-state index is -4.45. The standard InChI is InChI=1S/C22H19F3N2O5S/c1-32-19-10-15(33(2,30)31)5-6-18(19)26-7-3-4-13-8-16-14(11-22(23,24)25)12-27-20(16)17(9-13)21(28)29/h5-6,8-10,12,26-27H,7,11H2,1-2H3,(H,28,29). The maximum Gasteiger partial charge on any atom is 0.393 e. The molecule has 3 N–H and O–H groups in total. The van der Waals surface area contributed by atoms with Crippen LogP contribution in [-0.2, 0) is 16.3 Å². The van der Waals surface area contributed by atoms with Gasteiger partial charge in [-0.05, 0) is 29.8 Å². The third-order valence-electron chi connectivity index (χ3n) is 4.70. The van der Waals surface area contributed by atoms with Crippen molar-refractivity contribution < 1.29 is 36.2 Å². The fourth-order valence-electron chi connectivity index (χ4n) is 3.22. The number of benzene rings is 2. The third-order valence-corrected chi connectivity index (χ3v) is 5.81. The molecule has 33 heavy (non-hydrogen) atoms. The van der Waals surface area contributed by atoms with E-state index in [0.29, 0.717) is 11.4 Å². The van der Waals surface area contributed by atoms with E-state index in [4.69, 9.17) is 4.74 Å². The van der Waals surface area contributed by atoms with E-state index in [-0.39, 0.29) is 39.0 Å². The van der Waals surface area contributed by atoms with Crippen LogP contribution in [0.15, 0.2) is 41.4 Å². The van der Waals surface area contributed by atoms with Crippen LogP contribution < -0.4 is 10.1 Å². The predicted octanol–water partition coefficient (Wildman–Crippen LogP) is 3.85. The molecule has 174 valence electrons. The number of sulfone groups is 1. The van der Waals surface area contributed by atoms with Crippen molar-refractivity contribution in [1.82, 2.24) is 4.98 Å². The number of halogens is 3. The lowest BCUT2D eigenvalue weighted by Crippen LogP contribution is -2.11. The van der Waals surface area contributed by atoms with Gasteiger partial charge in [0, 0.05) is 29.5 Å². The number of anilines is 1. The van der Waals surface area contributed by atoms with Crippen molar-refractivity contribution in [2.24, 2.45) is 0 Å². The maximum atomic E-state index is 12.9. The number of fused-ring (bicyclic) bond motifs is 1. The van der Waals surface area contributed by atoms with Gasteiger partial charge in [-0.3, -0.25) is 0 Å². The molecule has 2 aromatic carbocycles. The number of nitrogens with one attached hydrogen (secondary N) is 2. The highest BCUT2D eigenvalue weighted by molar-refractivity contribution is 7.90. The van der Waals surface area contributed by atoms with E-state index >= 15 is 0 Å². The summed E-state index contributed by atoms with van der Waals surface area (Å²) in [6, 6.07) is 7.00. The lowest BCUT2D eigenvalue weighted by molar-refractivity contribution is -0.127. The molecule has 1 heterocycles. The minimum Gasteiger partial charge on any atom is -0.495 e. The molecule has 7 nitrogen and oxygen atoms in total. The number of aromatic amines is 1. The van der Waals surface area contributed by atoms with E-state index < -0.39 is 28.4 Å². The Labute approximate surface area is 187 Å². The number of hydrogen-bond donors (Lipinski definition) is 3. The van der Waals surface area contributed by atoms with Gasteiger partial charge >= 0.3 is 12.1 Å². The molecule has 0 saturated carbocycles. The average Bonchev–Trinajstić information content (AvgIpc) is 3.10. The van der Waals surface area contributed by atoms with Crippen LogP contribution in [0.25, 0.3) is 10.9 Å². The highest BCUT2D eigenvalue weighted by atomic mass is 32.2. The molecule has 11 heteroatoms. The van der Waals surface area contributed by atoms with Gasteiger partial charge in [0.25, 0.3) is 0 Å². The first kappa shape index (κ1) is 24.0. The Morgan fingerprint density at radius 3 is 2.58 bits per heavy atom. The minimum absolute atomic E-state index is 0.0718. The van der Waals surface area contributed by atoms with Crippen molar-refractivity contribution in [1.29, 1.82) is 0 Å². The van der Waals surface area contributed by atoms with Crippen molar-refractivity contribution in [2.75, 3.05) is 25.2 Å². The van der Waals surface area contributed by atoms with E-state index in [0.717, 1.165) is 12.5 Å². The number of aromatic nitrogens is 1. The number of rotatable bonds is 6. The van der Waals surface area contributed by atoms with Gasteiger partial charge < -0.3 is 20.1 Å². The summed E-state index contributed by atoms with van der Waals surface area (Å²) in [5.41, 5.74) is 0.568. The second kappa shape index (κ2) is 9.07. The van der Waals surface area contributed by atoms with E-state index in [1.54, 1.807) is 0 Å². The Kier molecular flexibility index (Phi) is 6.60. The Balaban J connectivity index is 1.87. The van der Waals surface area contributed by atoms with Crippen LogP contribution in [0.3, 0.4) is 0 Å². The second-order valence-electron chi connectivity index (χ2n) is 7.15. The summed E-state index contributed by atoms with van der Waals surface area (Å²) in [5, 5.41) is 12.5. The molecular formula is C22H19F3N2O5S. The highest BCUT2D eigenvalue weighted by Gasteiger charge is 2.29. The number of carboxylic acid groups (broad SMARTS) is 1. The summed E-state index contributed by atoms with van der Waals surface area (Å²) >= 11 is 0. The van der Waals surface area contributed by atoms with E-state index in [1.807, 2.05) is 0 Å². The van der Waals surface area contributed by atoms with Gasteiger partial charge in [-0.1, -0.05) is 11.8 Å². The molecule has 0 aliphatic rings. The number of hydrogen-bond acceptors (Lipinski definition) is 5. The SMILES string of the molecule is COc1cc(S(C)(=O)=O)ccc1NCC#Cc1cc(C(=O)O)c2[nH]cc(CC(F)(F)F)c2c1. The Bertz CT molecular complexity index is 1380.